The van der Waals surface area contributed by atoms with Gasteiger partial charge in [-0.15, -0.1) is 0 Å². The molecule has 0 aliphatic carbocycles. The van der Waals surface area contributed by atoms with Crippen molar-refractivity contribution in [2.75, 3.05) is 14.1 Å². The predicted octanol–water partition coefficient (Wildman–Crippen LogP) is 3.74. The summed E-state index contributed by atoms with van der Waals surface area (Å²) in [5.41, 5.74) is 4.38. The molecule has 0 spiro atoms. The van der Waals surface area contributed by atoms with E-state index in [4.69, 9.17) is 0 Å². The topological polar surface area (TPSA) is 85.0 Å². The first kappa shape index (κ1) is 20.6. The van der Waals surface area contributed by atoms with Gasteiger partial charge < -0.3 is 14.8 Å². The second kappa shape index (κ2) is 7.86. The van der Waals surface area contributed by atoms with Crippen LogP contribution in [0.5, 0.6) is 0 Å². The molecule has 3 heterocycles. The average Bonchev–Trinajstić information content (AvgIpc) is 3.27. The number of hydrogen-bond acceptors (Lipinski definition) is 4. The molecular weight excluding hydrogens is 392 g/mol. The SMILES string of the molecule is Cc1cnc(CNC(=O)c2cc3c(c4ccccc4n3C(C)C)n2C(=O)N(C)C)cn1. The molecule has 8 nitrogen and oxygen atoms in total. The molecule has 4 aromatic rings. The van der Waals surface area contributed by atoms with Crippen molar-refractivity contribution in [3.63, 3.8) is 0 Å². The number of aromatic nitrogens is 4. The summed E-state index contributed by atoms with van der Waals surface area (Å²) in [6.45, 7) is 6.26. The smallest absolute Gasteiger partial charge is 0.328 e. The van der Waals surface area contributed by atoms with Crippen LogP contribution >= 0.6 is 0 Å². The molecule has 160 valence electrons. The second-order valence-corrected chi connectivity index (χ2v) is 8.09. The Kier molecular flexibility index (Phi) is 5.22. The molecule has 1 aromatic carbocycles. The normalized spacial score (nSPS) is 11.4. The maximum Gasteiger partial charge on any atom is 0.328 e. The first-order valence-electron chi connectivity index (χ1n) is 10.2. The molecule has 0 radical (unpaired) electrons. The van der Waals surface area contributed by atoms with E-state index >= 15 is 0 Å². The molecule has 0 saturated carbocycles. The summed E-state index contributed by atoms with van der Waals surface area (Å²) in [7, 11) is 3.36. The fraction of sp³-hybridized carbons (Fsp3) is 0.304. The van der Waals surface area contributed by atoms with E-state index in [-0.39, 0.29) is 24.5 Å². The van der Waals surface area contributed by atoms with Crippen LogP contribution in [-0.4, -0.2) is 50.0 Å². The molecule has 0 fully saturated rings. The highest BCUT2D eigenvalue weighted by atomic mass is 16.2. The number of carbonyl (C=O) groups is 2. The van der Waals surface area contributed by atoms with Gasteiger partial charge in [0.2, 0.25) is 0 Å². The van der Waals surface area contributed by atoms with Crippen LogP contribution in [0.2, 0.25) is 0 Å². The third-order valence-electron chi connectivity index (χ3n) is 5.25. The Bertz CT molecular complexity index is 1280. The van der Waals surface area contributed by atoms with E-state index in [1.807, 2.05) is 31.2 Å². The highest BCUT2D eigenvalue weighted by Crippen LogP contribution is 2.34. The van der Waals surface area contributed by atoms with Crippen LogP contribution in [0.3, 0.4) is 0 Å². The minimum absolute atomic E-state index is 0.159. The summed E-state index contributed by atoms with van der Waals surface area (Å²) in [6, 6.07) is 9.63. The predicted molar refractivity (Wildman–Crippen MR) is 120 cm³/mol. The van der Waals surface area contributed by atoms with E-state index < -0.39 is 0 Å². The molecule has 0 bridgehead atoms. The first-order valence-corrected chi connectivity index (χ1v) is 10.2. The van der Waals surface area contributed by atoms with E-state index in [0.717, 1.165) is 27.6 Å². The number of hydrogen-bond donors (Lipinski definition) is 1. The average molecular weight is 419 g/mol. The molecular formula is C23H26N6O2. The Hall–Kier alpha value is -3.68. The lowest BCUT2D eigenvalue weighted by molar-refractivity contribution is 0.0941. The molecule has 3 aromatic heterocycles. The van der Waals surface area contributed by atoms with Gasteiger partial charge in [-0.25, -0.2) is 4.79 Å². The third-order valence-corrected chi connectivity index (χ3v) is 5.25. The Morgan fingerprint density at radius 1 is 1.10 bits per heavy atom. The molecule has 4 rings (SSSR count). The molecule has 1 N–H and O–H groups in total. The number of carbonyl (C=O) groups excluding carboxylic acids is 2. The van der Waals surface area contributed by atoms with Crippen LogP contribution in [0.4, 0.5) is 4.79 Å². The number of fused-ring (bicyclic) bond motifs is 3. The summed E-state index contributed by atoms with van der Waals surface area (Å²) in [5.74, 6) is -0.340. The van der Waals surface area contributed by atoms with Gasteiger partial charge in [-0.3, -0.25) is 19.3 Å². The van der Waals surface area contributed by atoms with Crippen molar-refractivity contribution in [2.24, 2.45) is 0 Å². The second-order valence-electron chi connectivity index (χ2n) is 8.09. The number of aryl methyl sites for hydroxylation is 1. The van der Waals surface area contributed by atoms with Gasteiger partial charge >= 0.3 is 6.03 Å². The molecule has 0 saturated heterocycles. The van der Waals surface area contributed by atoms with E-state index in [0.29, 0.717) is 11.4 Å². The lowest BCUT2D eigenvalue weighted by Gasteiger charge is -2.15. The fourth-order valence-corrected chi connectivity index (χ4v) is 3.85. The van der Waals surface area contributed by atoms with E-state index in [9.17, 15) is 9.59 Å². The fourth-order valence-electron chi connectivity index (χ4n) is 3.85. The number of para-hydroxylation sites is 1. The zero-order valence-electron chi connectivity index (χ0n) is 18.4. The number of amides is 2. The largest absolute Gasteiger partial charge is 0.345 e. The van der Waals surface area contributed by atoms with Crippen molar-refractivity contribution in [1.29, 1.82) is 0 Å². The third kappa shape index (κ3) is 3.54. The standard InChI is InChI=1S/C23H26N6O2/c1-14(2)28-18-9-7-6-8-17(18)21-19(28)10-20(29(21)23(31)27(4)5)22(30)26-13-16-12-24-15(3)11-25-16/h6-12,14H,13H2,1-5H3,(H,26,30). The zero-order valence-corrected chi connectivity index (χ0v) is 18.4. The van der Waals surface area contributed by atoms with E-state index in [1.165, 1.54) is 9.47 Å². The van der Waals surface area contributed by atoms with Crippen LogP contribution in [0.25, 0.3) is 21.9 Å². The van der Waals surface area contributed by atoms with Crippen LogP contribution in [-0.2, 0) is 6.54 Å². The van der Waals surface area contributed by atoms with Gasteiger partial charge in [0.25, 0.3) is 5.91 Å². The van der Waals surface area contributed by atoms with Crippen molar-refractivity contribution < 1.29 is 9.59 Å². The summed E-state index contributed by atoms with van der Waals surface area (Å²) in [6.07, 6.45) is 3.29. The van der Waals surface area contributed by atoms with Crippen molar-refractivity contribution in [1.82, 2.24) is 29.3 Å². The first-order chi connectivity index (χ1) is 14.8. The van der Waals surface area contributed by atoms with Gasteiger partial charge in [-0.05, 0) is 32.9 Å². The maximum absolute atomic E-state index is 13.2. The molecule has 31 heavy (non-hydrogen) atoms. The summed E-state index contributed by atoms with van der Waals surface area (Å²) in [4.78, 5) is 36.3. The number of benzene rings is 1. The number of nitrogens with zero attached hydrogens (tertiary/aromatic N) is 5. The van der Waals surface area contributed by atoms with Crippen LogP contribution in [0.1, 0.15) is 41.8 Å². The molecule has 0 unspecified atom stereocenters. The van der Waals surface area contributed by atoms with Crippen LogP contribution in [0, 0.1) is 6.92 Å². The van der Waals surface area contributed by atoms with Gasteiger partial charge in [0, 0.05) is 31.7 Å². The van der Waals surface area contributed by atoms with Gasteiger partial charge in [0.1, 0.15) is 5.69 Å². The quantitative estimate of drug-likeness (QED) is 0.547. The highest BCUT2D eigenvalue weighted by Gasteiger charge is 2.26. The number of rotatable bonds is 4. The summed E-state index contributed by atoms with van der Waals surface area (Å²) in [5, 5.41) is 3.81. The molecule has 2 amide bonds. The molecule has 0 atom stereocenters. The number of nitrogens with one attached hydrogen (secondary N) is 1. The van der Waals surface area contributed by atoms with Crippen LogP contribution < -0.4 is 5.32 Å². The van der Waals surface area contributed by atoms with Crippen molar-refractivity contribution in [3.05, 3.63) is 59.8 Å². The lowest BCUT2D eigenvalue weighted by Crippen LogP contribution is -2.33. The van der Waals surface area contributed by atoms with Gasteiger partial charge in [0.15, 0.2) is 0 Å². The Balaban J connectivity index is 1.85. The van der Waals surface area contributed by atoms with Gasteiger partial charge in [-0.1, -0.05) is 18.2 Å². The molecule has 8 heteroatoms. The zero-order chi connectivity index (χ0) is 22.3. The van der Waals surface area contributed by atoms with E-state index in [2.05, 4.69) is 33.7 Å². The Morgan fingerprint density at radius 3 is 2.48 bits per heavy atom. The van der Waals surface area contributed by atoms with Gasteiger partial charge in [-0.2, -0.15) is 0 Å². The molecule has 0 aliphatic rings. The lowest BCUT2D eigenvalue weighted by atomic mass is 10.2. The van der Waals surface area contributed by atoms with Crippen LogP contribution in [0.15, 0.2) is 42.7 Å². The highest BCUT2D eigenvalue weighted by molar-refractivity contribution is 6.14. The minimum Gasteiger partial charge on any atom is -0.345 e. The molecule has 0 aliphatic heterocycles. The summed E-state index contributed by atoms with van der Waals surface area (Å²) < 4.78 is 3.67. The van der Waals surface area contributed by atoms with Crippen molar-refractivity contribution in [2.45, 2.75) is 33.4 Å². The van der Waals surface area contributed by atoms with Crippen molar-refractivity contribution >= 4 is 33.9 Å². The Morgan fingerprint density at radius 2 is 1.84 bits per heavy atom. The summed E-state index contributed by atoms with van der Waals surface area (Å²) >= 11 is 0. The monoisotopic (exact) mass is 418 g/mol. The maximum atomic E-state index is 13.2. The minimum atomic E-state index is -0.340. The van der Waals surface area contributed by atoms with Gasteiger partial charge in [0.05, 0.1) is 40.7 Å². The van der Waals surface area contributed by atoms with E-state index in [1.54, 1.807) is 32.6 Å². The van der Waals surface area contributed by atoms with Crippen molar-refractivity contribution in [3.8, 4) is 0 Å². The Labute approximate surface area is 180 Å².